The van der Waals surface area contributed by atoms with Crippen molar-refractivity contribution in [1.29, 1.82) is 0 Å². The van der Waals surface area contributed by atoms with Crippen LogP contribution in [0.4, 0.5) is 0 Å². The summed E-state index contributed by atoms with van der Waals surface area (Å²) >= 11 is 3.23. The predicted octanol–water partition coefficient (Wildman–Crippen LogP) is 3.10. The molecule has 2 aromatic carbocycles. The molecule has 0 atom stereocenters. The summed E-state index contributed by atoms with van der Waals surface area (Å²) in [5.74, 6) is 0.808. The molecule has 0 unspecified atom stereocenters. The molecule has 2 rings (SSSR count). The summed E-state index contributed by atoms with van der Waals surface area (Å²) in [5, 5.41) is 12.5. The van der Waals surface area contributed by atoms with Crippen LogP contribution in [0.1, 0.15) is 15.9 Å². The quantitative estimate of drug-likeness (QED) is 0.854. The van der Waals surface area contributed by atoms with Crippen LogP contribution in [0, 0.1) is 0 Å². The molecule has 0 bridgehead atoms. The number of rotatable bonds is 5. The number of aromatic hydroxyl groups is 1. The number of hydrogen-bond donors (Lipinski definition) is 2. The molecule has 0 heterocycles. The number of amides is 1. The number of carbonyl (C=O) groups is 1. The molecule has 116 valence electrons. The number of hydrogen-bond acceptors (Lipinski definition) is 4. The van der Waals surface area contributed by atoms with Gasteiger partial charge in [0.15, 0.2) is 11.5 Å². The van der Waals surface area contributed by atoms with Gasteiger partial charge in [-0.1, -0.05) is 22.0 Å². The van der Waals surface area contributed by atoms with Gasteiger partial charge < -0.3 is 19.9 Å². The van der Waals surface area contributed by atoms with Gasteiger partial charge in [-0.15, -0.1) is 0 Å². The maximum absolute atomic E-state index is 12.1. The monoisotopic (exact) mass is 365 g/mol. The molecule has 0 saturated carbocycles. The van der Waals surface area contributed by atoms with E-state index in [1.54, 1.807) is 38.5 Å². The highest BCUT2D eigenvalue weighted by Crippen LogP contribution is 2.27. The Hall–Kier alpha value is -2.21. The van der Waals surface area contributed by atoms with E-state index in [0.29, 0.717) is 22.5 Å². The first-order valence-electron chi connectivity index (χ1n) is 6.52. The lowest BCUT2D eigenvalue weighted by atomic mass is 10.1. The van der Waals surface area contributed by atoms with Gasteiger partial charge in [-0.05, 0) is 35.9 Å². The van der Waals surface area contributed by atoms with Crippen molar-refractivity contribution in [3.63, 3.8) is 0 Å². The third-order valence-electron chi connectivity index (χ3n) is 3.11. The fraction of sp³-hybridized carbons (Fsp3) is 0.188. The van der Waals surface area contributed by atoms with Gasteiger partial charge >= 0.3 is 0 Å². The van der Waals surface area contributed by atoms with Crippen molar-refractivity contribution in [2.24, 2.45) is 0 Å². The molecule has 0 aliphatic carbocycles. The Bertz CT molecular complexity index is 688. The standard InChI is InChI=1S/C16H16BrNO4/c1-21-14-6-3-10(7-15(14)22-2)9-18-16(20)12-5-4-11(17)8-13(12)19/h3-8,19H,9H2,1-2H3,(H,18,20). The van der Waals surface area contributed by atoms with E-state index in [4.69, 9.17) is 9.47 Å². The van der Waals surface area contributed by atoms with Crippen LogP contribution in [-0.2, 0) is 6.54 Å². The van der Waals surface area contributed by atoms with Gasteiger partial charge in [-0.3, -0.25) is 4.79 Å². The van der Waals surface area contributed by atoms with E-state index < -0.39 is 0 Å². The van der Waals surface area contributed by atoms with Crippen LogP contribution >= 0.6 is 15.9 Å². The second-order valence-corrected chi connectivity index (χ2v) is 5.45. The zero-order chi connectivity index (χ0) is 16.1. The molecule has 0 fully saturated rings. The van der Waals surface area contributed by atoms with Gasteiger partial charge in [-0.2, -0.15) is 0 Å². The van der Waals surface area contributed by atoms with Crippen molar-refractivity contribution in [3.05, 3.63) is 52.0 Å². The van der Waals surface area contributed by atoms with Crippen LogP contribution in [0.3, 0.4) is 0 Å². The summed E-state index contributed by atoms with van der Waals surface area (Å²) in [5.41, 5.74) is 1.09. The maximum Gasteiger partial charge on any atom is 0.255 e. The van der Waals surface area contributed by atoms with E-state index in [1.807, 2.05) is 6.07 Å². The smallest absolute Gasteiger partial charge is 0.255 e. The summed E-state index contributed by atoms with van der Waals surface area (Å²) < 4.78 is 11.1. The van der Waals surface area contributed by atoms with Crippen molar-refractivity contribution in [3.8, 4) is 17.2 Å². The Labute approximate surface area is 137 Å². The summed E-state index contributed by atoms with van der Waals surface area (Å²) in [4.78, 5) is 12.1. The molecule has 5 nitrogen and oxygen atoms in total. The fourth-order valence-corrected chi connectivity index (χ4v) is 2.31. The number of benzene rings is 2. The van der Waals surface area contributed by atoms with Crippen molar-refractivity contribution < 1.29 is 19.4 Å². The molecule has 0 spiro atoms. The maximum atomic E-state index is 12.1. The van der Waals surface area contributed by atoms with Gasteiger partial charge in [-0.25, -0.2) is 0 Å². The fourth-order valence-electron chi connectivity index (χ4n) is 1.96. The van der Waals surface area contributed by atoms with Crippen molar-refractivity contribution in [2.75, 3.05) is 14.2 Å². The molecule has 0 radical (unpaired) electrons. The van der Waals surface area contributed by atoms with Crippen LogP contribution in [-0.4, -0.2) is 25.2 Å². The highest BCUT2D eigenvalue weighted by molar-refractivity contribution is 9.10. The van der Waals surface area contributed by atoms with Crippen LogP contribution < -0.4 is 14.8 Å². The van der Waals surface area contributed by atoms with Crippen LogP contribution in [0.25, 0.3) is 0 Å². The molecule has 2 N–H and O–H groups in total. The first-order valence-corrected chi connectivity index (χ1v) is 7.32. The SMILES string of the molecule is COc1ccc(CNC(=O)c2ccc(Br)cc2O)cc1OC. The second kappa shape index (κ2) is 7.17. The second-order valence-electron chi connectivity index (χ2n) is 4.53. The Kier molecular flexibility index (Phi) is 5.27. The lowest BCUT2D eigenvalue weighted by molar-refractivity contribution is 0.0948. The number of phenolic OH excluding ortho intramolecular Hbond substituents is 1. The molecular weight excluding hydrogens is 350 g/mol. The summed E-state index contributed by atoms with van der Waals surface area (Å²) in [7, 11) is 3.12. The average Bonchev–Trinajstić information content (AvgIpc) is 2.52. The van der Waals surface area contributed by atoms with E-state index in [9.17, 15) is 9.90 Å². The molecule has 0 aromatic heterocycles. The van der Waals surface area contributed by atoms with Crippen LogP contribution in [0.15, 0.2) is 40.9 Å². The molecule has 0 aliphatic heterocycles. The Morgan fingerprint density at radius 1 is 1.14 bits per heavy atom. The Morgan fingerprint density at radius 3 is 2.50 bits per heavy atom. The van der Waals surface area contributed by atoms with E-state index >= 15 is 0 Å². The zero-order valence-corrected chi connectivity index (χ0v) is 13.8. The van der Waals surface area contributed by atoms with Gasteiger partial charge in [0, 0.05) is 11.0 Å². The van der Waals surface area contributed by atoms with Gasteiger partial charge in [0.2, 0.25) is 0 Å². The molecule has 1 amide bonds. The Morgan fingerprint density at radius 2 is 1.86 bits per heavy atom. The van der Waals surface area contributed by atoms with Gasteiger partial charge in [0.1, 0.15) is 5.75 Å². The normalized spacial score (nSPS) is 10.1. The number of phenols is 1. The van der Waals surface area contributed by atoms with E-state index in [0.717, 1.165) is 5.56 Å². The van der Waals surface area contributed by atoms with E-state index in [-0.39, 0.29) is 17.2 Å². The minimum absolute atomic E-state index is 0.0702. The van der Waals surface area contributed by atoms with Crippen molar-refractivity contribution in [1.82, 2.24) is 5.32 Å². The lowest BCUT2D eigenvalue weighted by Crippen LogP contribution is -2.22. The number of ether oxygens (including phenoxy) is 2. The predicted molar refractivity (Wildman–Crippen MR) is 86.5 cm³/mol. The van der Waals surface area contributed by atoms with Crippen molar-refractivity contribution in [2.45, 2.75) is 6.54 Å². The third kappa shape index (κ3) is 3.71. The molecular formula is C16H16BrNO4. The lowest BCUT2D eigenvalue weighted by Gasteiger charge is -2.11. The number of methoxy groups -OCH3 is 2. The molecule has 22 heavy (non-hydrogen) atoms. The number of carbonyl (C=O) groups excluding carboxylic acids is 1. The third-order valence-corrected chi connectivity index (χ3v) is 3.60. The molecule has 0 saturated heterocycles. The average molecular weight is 366 g/mol. The molecule has 6 heteroatoms. The first kappa shape index (κ1) is 16.2. The topological polar surface area (TPSA) is 67.8 Å². The highest BCUT2D eigenvalue weighted by atomic mass is 79.9. The Balaban J connectivity index is 2.08. The minimum Gasteiger partial charge on any atom is -0.507 e. The molecule has 0 aliphatic rings. The largest absolute Gasteiger partial charge is 0.507 e. The summed E-state index contributed by atoms with van der Waals surface area (Å²) in [6, 6.07) is 10.1. The van der Waals surface area contributed by atoms with Gasteiger partial charge in [0.25, 0.3) is 5.91 Å². The van der Waals surface area contributed by atoms with Crippen LogP contribution in [0.5, 0.6) is 17.2 Å². The summed E-state index contributed by atoms with van der Waals surface area (Å²) in [6.07, 6.45) is 0. The number of nitrogens with one attached hydrogen (secondary N) is 1. The van der Waals surface area contributed by atoms with E-state index in [2.05, 4.69) is 21.2 Å². The van der Waals surface area contributed by atoms with E-state index in [1.165, 1.54) is 6.07 Å². The van der Waals surface area contributed by atoms with Gasteiger partial charge in [0.05, 0.1) is 19.8 Å². The minimum atomic E-state index is -0.347. The van der Waals surface area contributed by atoms with Crippen LogP contribution in [0.2, 0.25) is 0 Å². The first-order chi connectivity index (χ1) is 10.5. The number of halogens is 1. The zero-order valence-electron chi connectivity index (χ0n) is 12.2. The molecule has 2 aromatic rings. The highest BCUT2D eigenvalue weighted by Gasteiger charge is 2.11. The summed E-state index contributed by atoms with van der Waals surface area (Å²) in [6.45, 7) is 0.314. The van der Waals surface area contributed by atoms with Crippen molar-refractivity contribution >= 4 is 21.8 Å².